The van der Waals surface area contributed by atoms with E-state index in [-0.39, 0.29) is 12.4 Å². The van der Waals surface area contributed by atoms with Gasteiger partial charge in [0.25, 0.3) is 0 Å². The Morgan fingerprint density at radius 3 is 2.84 bits per heavy atom. The second-order valence-electron chi connectivity index (χ2n) is 6.23. The smallest absolute Gasteiger partial charge is 0.161 e. The molecule has 1 N–H and O–H groups in total. The van der Waals surface area contributed by atoms with Crippen LogP contribution in [0.2, 0.25) is 0 Å². The summed E-state index contributed by atoms with van der Waals surface area (Å²) in [4.78, 5) is 6.58. The molecule has 1 aliphatic rings. The van der Waals surface area contributed by atoms with E-state index in [0.29, 0.717) is 12.6 Å². The fraction of sp³-hybridized carbons (Fsp3) is 0.421. The molecule has 0 bridgehead atoms. The minimum absolute atomic E-state index is 0. The van der Waals surface area contributed by atoms with Crippen LogP contribution in [-0.2, 0) is 13.2 Å². The van der Waals surface area contributed by atoms with Gasteiger partial charge in [-0.25, -0.2) is 0 Å². The van der Waals surface area contributed by atoms with Crippen LogP contribution in [0.3, 0.4) is 0 Å². The van der Waals surface area contributed by atoms with Crippen LogP contribution in [0.25, 0.3) is 0 Å². The van der Waals surface area contributed by atoms with Crippen LogP contribution < -0.4 is 14.8 Å². The standard InChI is InChI=1S/C19H25N3O2.ClH/c1-15-12-22(9-8-21-15)13-16-5-6-18(23-2)19(10-16)24-14-17-4-3-7-20-11-17;/h3-7,10-11,15,21H,8-9,12-14H2,1-2H3;1H/t15-;/m1./s1. The van der Waals surface area contributed by atoms with Gasteiger partial charge in [0, 0.05) is 50.2 Å². The second kappa shape index (κ2) is 9.61. The molecule has 25 heavy (non-hydrogen) atoms. The predicted octanol–water partition coefficient (Wildman–Crippen LogP) is 2.88. The van der Waals surface area contributed by atoms with E-state index in [1.54, 1.807) is 13.3 Å². The normalized spacial score (nSPS) is 17.6. The maximum atomic E-state index is 5.97. The minimum Gasteiger partial charge on any atom is -0.493 e. The number of pyridine rings is 1. The summed E-state index contributed by atoms with van der Waals surface area (Å²) < 4.78 is 11.4. The number of benzene rings is 1. The summed E-state index contributed by atoms with van der Waals surface area (Å²) in [6.45, 7) is 6.82. The lowest BCUT2D eigenvalue weighted by atomic mass is 10.1. The maximum Gasteiger partial charge on any atom is 0.161 e. The number of rotatable bonds is 6. The summed E-state index contributed by atoms with van der Waals surface area (Å²) in [5.74, 6) is 1.54. The molecule has 2 aromatic rings. The Bertz CT molecular complexity index is 654. The number of piperazine rings is 1. The lowest BCUT2D eigenvalue weighted by molar-refractivity contribution is 0.199. The van der Waals surface area contributed by atoms with Crippen molar-refractivity contribution in [2.75, 3.05) is 26.7 Å². The molecule has 1 fully saturated rings. The molecule has 136 valence electrons. The van der Waals surface area contributed by atoms with Gasteiger partial charge >= 0.3 is 0 Å². The van der Waals surface area contributed by atoms with Crippen molar-refractivity contribution >= 4 is 12.4 Å². The van der Waals surface area contributed by atoms with Gasteiger partial charge < -0.3 is 14.8 Å². The molecule has 5 nitrogen and oxygen atoms in total. The summed E-state index contributed by atoms with van der Waals surface area (Å²) in [5, 5.41) is 3.47. The van der Waals surface area contributed by atoms with Crippen LogP contribution >= 0.6 is 12.4 Å². The Balaban J connectivity index is 0.00000225. The summed E-state index contributed by atoms with van der Waals surface area (Å²) in [7, 11) is 1.67. The average molecular weight is 364 g/mol. The Hall–Kier alpha value is -1.82. The number of methoxy groups -OCH3 is 1. The van der Waals surface area contributed by atoms with Crippen LogP contribution in [0.15, 0.2) is 42.7 Å². The van der Waals surface area contributed by atoms with Crippen molar-refractivity contribution in [3.05, 3.63) is 53.9 Å². The molecule has 2 heterocycles. The zero-order valence-corrected chi connectivity index (χ0v) is 15.6. The zero-order valence-electron chi connectivity index (χ0n) is 14.8. The van der Waals surface area contributed by atoms with E-state index < -0.39 is 0 Å². The topological polar surface area (TPSA) is 46.6 Å². The molecule has 3 rings (SSSR count). The second-order valence-corrected chi connectivity index (χ2v) is 6.23. The zero-order chi connectivity index (χ0) is 16.8. The van der Waals surface area contributed by atoms with Crippen molar-refractivity contribution in [2.24, 2.45) is 0 Å². The van der Waals surface area contributed by atoms with Gasteiger partial charge in [-0.1, -0.05) is 12.1 Å². The van der Waals surface area contributed by atoms with Crippen molar-refractivity contribution in [3.63, 3.8) is 0 Å². The maximum absolute atomic E-state index is 5.97. The Labute approximate surface area is 155 Å². The van der Waals surface area contributed by atoms with E-state index in [4.69, 9.17) is 9.47 Å². The summed E-state index contributed by atoms with van der Waals surface area (Å²) in [6, 6.07) is 10.6. The summed E-state index contributed by atoms with van der Waals surface area (Å²) in [5.41, 5.74) is 2.28. The van der Waals surface area contributed by atoms with Gasteiger partial charge in [-0.05, 0) is 30.7 Å². The van der Waals surface area contributed by atoms with Crippen molar-refractivity contribution in [2.45, 2.75) is 26.1 Å². The third kappa shape index (κ3) is 5.59. The molecule has 0 radical (unpaired) electrons. The third-order valence-electron chi connectivity index (χ3n) is 4.20. The van der Waals surface area contributed by atoms with Gasteiger partial charge in [0.2, 0.25) is 0 Å². The first-order valence-electron chi connectivity index (χ1n) is 8.39. The van der Waals surface area contributed by atoms with Crippen LogP contribution in [0.5, 0.6) is 11.5 Å². The van der Waals surface area contributed by atoms with E-state index in [0.717, 1.165) is 43.2 Å². The van der Waals surface area contributed by atoms with Crippen molar-refractivity contribution in [3.8, 4) is 11.5 Å². The Kier molecular flexibility index (Phi) is 7.50. The van der Waals surface area contributed by atoms with Crippen molar-refractivity contribution in [1.29, 1.82) is 0 Å². The number of nitrogens with zero attached hydrogens (tertiary/aromatic N) is 2. The molecule has 1 aromatic heterocycles. The van der Waals surface area contributed by atoms with E-state index in [1.165, 1.54) is 5.56 Å². The number of nitrogens with one attached hydrogen (secondary N) is 1. The average Bonchev–Trinajstić information content (AvgIpc) is 2.61. The lowest BCUT2D eigenvalue weighted by Gasteiger charge is -2.31. The highest BCUT2D eigenvalue weighted by molar-refractivity contribution is 5.85. The first kappa shape index (κ1) is 19.5. The van der Waals surface area contributed by atoms with Crippen LogP contribution in [0.4, 0.5) is 0 Å². The van der Waals surface area contributed by atoms with Crippen LogP contribution in [-0.4, -0.2) is 42.7 Å². The molecule has 0 amide bonds. The van der Waals surface area contributed by atoms with Gasteiger partial charge in [0.1, 0.15) is 6.61 Å². The first-order valence-corrected chi connectivity index (χ1v) is 8.39. The predicted molar refractivity (Wildman–Crippen MR) is 102 cm³/mol. The highest BCUT2D eigenvalue weighted by Crippen LogP contribution is 2.29. The number of hydrogen-bond acceptors (Lipinski definition) is 5. The molecule has 1 aliphatic heterocycles. The van der Waals surface area contributed by atoms with E-state index in [2.05, 4.69) is 34.3 Å². The quantitative estimate of drug-likeness (QED) is 0.855. The summed E-state index contributed by atoms with van der Waals surface area (Å²) in [6.07, 6.45) is 3.58. The molecule has 1 aromatic carbocycles. The first-order chi connectivity index (χ1) is 11.7. The highest BCUT2D eigenvalue weighted by atomic mass is 35.5. The van der Waals surface area contributed by atoms with E-state index in [1.807, 2.05) is 24.4 Å². The molecule has 0 saturated carbocycles. The van der Waals surface area contributed by atoms with Gasteiger partial charge in [0.05, 0.1) is 7.11 Å². The van der Waals surface area contributed by atoms with Crippen LogP contribution in [0.1, 0.15) is 18.1 Å². The van der Waals surface area contributed by atoms with Gasteiger partial charge in [0.15, 0.2) is 11.5 Å². The number of hydrogen-bond donors (Lipinski definition) is 1. The van der Waals surface area contributed by atoms with E-state index in [9.17, 15) is 0 Å². The van der Waals surface area contributed by atoms with E-state index >= 15 is 0 Å². The molecule has 0 aliphatic carbocycles. The number of halogens is 1. The highest BCUT2D eigenvalue weighted by Gasteiger charge is 2.16. The largest absolute Gasteiger partial charge is 0.493 e. The fourth-order valence-corrected chi connectivity index (χ4v) is 2.99. The van der Waals surface area contributed by atoms with Gasteiger partial charge in [-0.3, -0.25) is 9.88 Å². The van der Waals surface area contributed by atoms with Crippen molar-refractivity contribution in [1.82, 2.24) is 15.2 Å². The minimum atomic E-state index is 0. The molecule has 0 unspecified atom stereocenters. The van der Waals surface area contributed by atoms with Crippen LogP contribution in [0, 0.1) is 0 Å². The molecule has 6 heteroatoms. The Morgan fingerprint density at radius 2 is 2.12 bits per heavy atom. The third-order valence-corrected chi connectivity index (χ3v) is 4.20. The molecular formula is C19H26ClN3O2. The number of aromatic nitrogens is 1. The number of ether oxygens (including phenoxy) is 2. The lowest BCUT2D eigenvalue weighted by Crippen LogP contribution is -2.48. The molecule has 1 saturated heterocycles. The molecule has 1 atom stereocenters. The Morgan fingerprint density at radius 1 is 1.24 bits per heavy atom. The molecular weight excluding hydrogens is 338 g/mol. The summed E-state index contributed by atoms with van der Waals surface area (Å²) >= 11 is 0. The van der Waals surface area contributed by atoms with Gasteiger partial charge in [-0.15, -0.1) is 12.4 Å². The molecule has 0 spiro atoms. The SMILES string of the molecule is COc1ccc(CN2CCN[C@H](C)C2)cc1OCc1cccnc1.Cl. The monoisotopic (exact) mass is 363 g/mol. The fourth-order valence-electron chi connectivity index (χ4n) is 2.99. The van der Waals surface area contributed by atoms with Crippen molar-refractivity contribution < 1.29 is 9.47 Å². The van der Waals surface area contributed by atoms with Gasteiger partial charge in [-0.2, -0.15) is 0 Å².